The number of halogens is 1. The highest BCUT2D eigenvalue weighted by molar-refractivity contribution is 5.47. The molecule has 0 aliphatic carbocycles. The van der Waals surface area contributed by atoms with Gasteiger partial charge in [0.15, 0.2) is 0 Å². The molecule has 0 saturated heterocycles. The second-order valence-corrected chi connectivity index (χ2v) is 3.98. The molecular formula is C13H13FN2O2. The lowest BCUT2D eigenvalue weighted by Crippen LogP contribution is -2.07. The Balaban J connectivity index is 2.16. The Kier molecular flexibility index (Phi) is 3.32. The van der Waals surface area contributed by atoms with Crippen molar-refractivity contribution in [2.75, 3.05) is 5.32 Å². The number of aromatic nitrogens is 1. The largest absolute Gasteiger partial charge is 0.508 e. The zero-order chi connectivity index (χ0) is 13.1. The Bertz CT molecular complexity index is 543. The SMILES string of the molecule is CC(Nc1ccc(F)nc1)c1ccc(O)cc1O. The number of nitrogens with one attached hydrogen (secondary N) is 1. The number of pyridine rings is 1. The van der Waals surface area contributed by atoms with Crippen molar-refractivity contribution < 1.29 is 14.6 Å². The Labute approximate surface area is 104 Å². The Morgan fingerprint density at radius 3 is 2.61 bits per heavy atom. The van der Waals surface area contributed by atoms with Crippen molar-refractivity contribution in [3.8, 4) is 11.5 Å². The van der Waals surface area contributed by atoms with Crippen LogP contribution in [0.1, 0.15) is 18.5 Å². The van der Waals surface area contributed by atoms with Gasteiger partial charge >= 0.3 is 0 Å². The third-order valence-electron chi connectivity index (χ3n) is 2.59. The molecule has 1 atom stereocenters. The van der Waals surface area contributed by atoms with Crippen LogP contribution in [0.3, 0.4) is 0 Å². The molecule has 5 heteroatoms. The molecule has 0 bridgehead atoms. The van der Waals surface area contributed by atoms with Gasteiger partial charge in [-0.2, -0.15) is 4.39 Å². The predicted molar refractivity (Wildman–Crippen MR) is 66.0 cm³/mol. The number of phenolic OH excluding ortho intramolecular Hbond substituents is 2. The van der Waals surface area contributed by atoms with Crippen molar-refractivity contribution in [3.63, 3.8) is 0 Å². The van der Waals surface area contributed by atoms with Crippen LogP contribution in [0.4, 0.5) is 10.1 Å². The molecule has 0 fully saturated rings. The maximum absolute atomic E-state index is 12.6. The minimum atomic E-state index is -0.541. The molecule has 18 heavy (non-hydrogen) atoms. The zero-order valence-corrected chi connectivity index (χ0v) is 9.76. The van der Waals surface area contributed by atoms with Gasteiger partial charge in [0.2, 0.25) is 5.95 Å². The monoisotopic (exact) mass is 248 g/mol. The van der Waals surface area contributed by atoms with E-state index in [2.05, 4.69) is 10.3 Å². The first-order valence-corrected chi connectivity index (χ1v) is 5.46. The van der Waals surface area contributed by atoms with Crippen LogP contribution in [-0.2, 0) is 0 Å². The van der Waals surface area contributed by atoms with Gasteiger partial charge in [0.25, 0.3) is 0 Å². The summed E-state index contributed by atoms with van der Waals surface area (Å²) in [5.41, 5.74) is 1.29. The average molecular weight is 248 g/mol. The number of anilines is 1. The van der Waals surface area contributed by atoms with Crippen LogP contribution >= 0.6 is 0 Å². The fourth-order valence-electron chi connectivity index (χ4n) is 1.69. The summed E-state index contributed by atoms with van der Waals surface area (Å²) in [6.45, 7) is 1.84. The summed E-state index contributed by atoms with van der Waals surface area (Å²) in [5, 5.41) is 22.0. The van der Waals surface area contributed by atoms with Crippen molar-refractivity contribution in [2.45, 2.75) is 13.0 Å². The highest BCUT2D eigenvalue weighted by atomic mass is 19.1. The van der Waals surface area contributed by atoms with E-state index in [1.54, 1.807) is 12.1 Å². The summed E-state index contributed by atoms with van der Waals surface area (Å²) in [6.07, 6.45) is 1.38. The zero-order valence-electron chi connectivity index (χ0n) is 9.76. The molecule has 1 aromatic heterocycles. The van der Waals surface area contributed by atoms with Gasteiger partial charge in [-0.3, -0.25) is 0 Å². The number of benzene rings is 1. The van der Waals surface area contributed by atoms with Gasteiger partial charge in [-0.25, -0.2) is 4.98 Å². The lowest BCUT2D eigenvalue weighted by atomic mass is 10.1. The summed E-state index contributed by atoms with van der Waals surface area (Å²) in [4.78, 5) is 3.53. The van der Waals surface area contributed by atoms with E-state index in [1.807, 2.05) is 6.92 Å². The molecule has 0 aliphatic heterocycles. The number of hydrogen-bond donors (Lipinski definition) is 3. The van der Waals surface area contributed by atoms with Gasteiger partial charge in [0, 0.05) is 11.6 Å². The van der Waals surface area contributed by atoms with E-state index in [0.29, 0.717) is 11.3 Å². The van der Waals surface area contributed by atoms with E-state index >= 15 is 0 Å². The van der Waals surface area contributed by atoms with Crippen LogP contribution < -0.4 is 5.32 Å². The van der Waals surface area contributed by atoms with Crippen molar-refractivity contribution in [1.29, 1.82) is 0 Å². The number of nitrogens with zero attached hydrogens (tertiary/aromatic N) is 1. The molecule has 3 N–H and O–H groups in total. The van der Waals surface area contributed by atoms with E-state index in [9.17, 15) is 14.6 Å². The predicted octanol–water partition coefficient (Wildman–Crippen LogP) is 2.81. The molecule has 1 aromatic carbocycles. The Morgan fingerprint density at radius 2 is 2.00 bits per heavy atom. The fourth-order valence-corrected chi connectivity index (χ4v) is 1.69. The minimum absolute atomic E-state index is 0.00470. The number of hydrogen-bond acceptors (Lipinski definition) is 4. The second-order valence-electron chi connectivity index (χ2n) is 3.98. The van der Waals surface area contributed by atoms with Crippen LogP contribution in [-0.4, -0.2) is 15.2 Å². The third kappa shape index (κ3) is 2.68. The van der Waals surface area contributed by atoms with Crippen LogP contribution in [0, 0.1) is 5.95 Å². The fraction of sp³-hybridized carbons (Fsp3) is 0.154. The van der Waals surface area contributed by atoms with Crippen LogP contribution in [0.5, 0.6) is 11.5 Å². The molecule has 0 aliphatic rings. The Hall–Kier alpha value is -2.30. The number of phenols is 2. The van der Waals surface area contributed by atoms with Gasteiger partial charge in [-0.1, -0.05) is 0 Å². The third-order valence-corrected chi connectivity index (χ3v) is 2.59. The van der Waals surface area contributed by atoms with Gasteiger partial charge < -0.3 is 15.5 Å². The molecule has 2 rings (SSSR count). The molecule has 1 unspecified atom stereocenters. The smallest absolute Gasteiger partial charge is 0.212 e. The van der Waals surface area contributed by atoms with Crippen LogP contribution in [0.25, 0.3) is 0 Å². The first-order valence-electron chi connectivity index (χ1n) is 5.46. The molecule has 94 valence electrons. The summed E-state index contributed by atoms with van der Waals surface area (Å²) in [6, 6.07) is 7.02. The highest BCUT2D eigenvalue weighted by Gasteiger charge is 2.11. The van der Waals surface area contributed by atoms with Crippen molar-refractivity contribution >= 4 is 5.69 Å². The number of rotatable bonds is 3. The summed E-state index contributed by atoms with van der Waals surface area (Å²) >= 11 is 0. The molecule has 1 heterocycles. The van der Waals surface area contributed by atoms with Crippen LogP contribution in [0.15, 0.2) is 36.5 Å². The second kappa shape index (κ2) is 4.91. The normalized spacial score (nSPS) is 12.1. The first kappa shape index (κ1) is 12.2. The van der Waals surface area contributed by atoms with E-state index in [4.69, 9.17) is 0 Å². The van der Waals surface area contributed by atoms with E-state index < -0.39 is 5.95 Å². The van der Waals surface area contributed by atoms with Crippen molar-refractivity contribution in [3.05, 3.63) is 48.0 Å². The van der Waals surface area contributed by atoms with E-state index in [1.165, 1.54) is 24.4 Å². The van der Waals surface area contributed by atoms with Gasteiger partial charge in [0.05, 0.1) is 17.9 Å². The maximum Gasteiger partial charge on any atom is 0.212 e. The molecule has 0 spiro atoms. The van der Waals surface area contributed by atoms with Gasteiger partial charge in [-0.05, 0) is 31.2 Å². The van der Waals surface area contributed by atoms with Gasteiger partial charge in [-0.15, -0.1) is 0 Å². The highest BCUT2D eigenvalue weighted by Crippen LogP contribution is 2.29. The topological polar surface area (TPSA) is 65.4 Å². The molecule has 0 amide bonds. The van der Waals surface area contributed by atoms with Crippen molar-refractivity contribution in [1.82, 2.24) is 4.98 Å². The summed E-state index contributed by atoms with van der Waals surface area (Å²) < 4.78 is 12.6. The van der Waals surface area contributed by atoms with Crippen molar-refractivity contribution in [2.24, 2.45) is 0 Å². The first-order chi connectivity index (χ1) is 8.56. The standard InChI is InChI=1S/C13H13FN2O2/c1-8(11-4-3-10(17)6-12(11)18)16-9-2-5-13(14)15-7-9/h2-8,16-18H,1H3. The molecule has 2 aromatic rings. The average Bonchev–Trinajstić information content (AvgIpc) is 2.32. The quantitative estimate of drug-likeness (QED) is 0.731. The van der Waals surface area contributed by atoms with Crippen LogP contribution in [0.2, 0.25) is 0 Å². The number of aromatic hydroxyl groups is 2. The summed E-state index contributed by atoms with van der Waals surface area (Å²) in [7, 11) is 0. The maximum atomic E-state index is 12.6. The molecule has 0 saturated carbocycles. The molecular weight excluding hydrogens is 235 g/mol. The summed E-state index contributed by atoms with van der Waals surface area (Å²) in [5.74, 6) is -0.530. The molecule has 4 nitrogen and oxygen atoms in total. The lowest BCUT2D eigenvalue weighted by molar-refractivity contribution is 0.444. The molecule has 0 radical (unpaired) electrons. The van der Waals surface area contributed by atoms with E-state index in [-0.39, 0.29) is 17.5 Å². The van der Waals surface area contributed by atoms with E-state index in [0.717, 1.165) is 0 Å². The minimum Gasteiger partial charge on any atom is -0.508 e. The van der Waals surface area contributed by atoms with Gasteiger partial charge in [0.1, 0.15) is 11.5 Å². The Morgan fingerprint density at radius 1 is 1.22 bits per heavy atom. The lowest BCUT2D eigenvalue weighted by Gasteiger charge is -2.16.